The molecular weight excluding hydrogens is 387 g/mol. The van der Waals surface area contributed by atoms with Crippen molar-refractivity contribution in [1.29, 1.82) is 0 Å². The van der Waals surface area contributed by atoms with Gasteiger partial charge in [0.2, 0.25) is 0 Å². The van der Waals surface area contributed by atoms with Gasteiger partial charge in [-0.05, 0) is 51.1 Å². The zero-order chi connectivity index (χ0) is 12.4. The molecule has 1 aromatic heterocycles. The number of hydrogen-bond acceptors (Lipinski definition) is 2. The van der Waals surface area contributed by atoms with E-state index in [1.165, 1.54) is 0 Å². The lowest BCUT2D eigenvalue weighted by molar-refractivity contribution is 0.179. The molecule has 0 saturated heterocycles. The molecule has 1 atom stereocenters. The maximum Gasteiger partial charge on any atom is 0.0839 e. The van der Waals surface area contributed by atoms with Crippen LogP contribution in [0.25, 0.3) is 0 Å². The first-order chi connectivity index (χ1) is 8.06. The van der Waals surface area contributed by atoms with Crippen LogP contribution in [-0.2, 0) is 6.42 Å². The van der Waals surface area contributed by atoms with E-state index in [1.54, 1.807) is 23.5 Å². The highest BCUT2D eigenvalue weighted by molar-refractivity contribution is 9.10. The number of hydrogen-bond donors (Lipinski definition) is 1. The van der Waals surface area contributed by atoms with Gasteiger partial charge in [-0.3, -0.25) is 0 Å². The minimum Gasteiger partial charge on any atom is -0.388 e. The molecule has 5 heteroatoms. The predicted molar refractivity (Wildman–Crippen MR) is 79.8 cm³/mol. The van der Waals surface area contributed by atoms with Crippen molar-refractivity contribution in [3.8, 4) is 0 Å². The van der Waals surface area contributed by atoms with Gasteiger partial charge in [-0.2, -0.15) is 0 Å². The zero-order valence-electron chi connectivity index (χ0n) is 8.66. The summed E-state index contributed by atoms with van der Waals surface area (Å²) in [5, 5.41) is 12.8. The summed E-state index contributed by atoms with van der Waals surface area (Å²) in [6.07, 6.45) is 0.0466. The van der Waals surface area contributed by atoms with Crippen molar-refractivity contribution in [2.45, 2.75) is 12.5 Å². The molecule has 0 aliphatic carbocycles. The molecule has 0 fully saturated rings. The van der Waals surface area contributed by atoms with Crippen LogP contribution in [-0.4, -0.2) is 5.11 Å². The Labute approximate surface area is 126 Å². The molecule has 2 rings (SSSR count). The second-order valence-electron chi connectivity index (χ2n) is 3.61. The first kappa shape index (κ1) is 13.6. The molecule has 1 N–H and O–H groups in total. The zero-order valence-corrected chi connectivity index (χ0v) is 13.4. The molecule has 0 spiro atoms. The summed E-state index contributed by atoms with van der Waals surface area (Å²) in [6, 6.07) is 7.47. The summed E-state index contributed by atoms with van der Waals surface area (Å²) in [5.41, 5.74) is 0.824. The van der Waals surface area contributed by atoms with Crippen molar-refractivity contribution in [2.75, 3.05) is 0 Å². The van der Waals surface area contributed by atoms with Crippen LogP contribution >= 0.6 is 54.8 Å². The number of rotatable bonds is 3. The smallest absolute Gasteiger partial charge is 0.0839 e. The van der Waals surface area contributed by atoms with Gasteiger partial charge < -0.3 is 5.11 Å². The third kappa shape index (κ3) is 3.55. The van der Waals surface area contributed by atoms with Gasteiger partial charge in [0.25, 0.3) is 0 Å². The van der Waals surface area contributed by atoms with Crippen LogP contribution in [0.15, 0.2) is 38.6 Å². The number of benzene rings is 1. The van der Waals surface area contributed by atoms with E-state index in [0.717, 1.165) is 19.4 Å². The van der Waals surface area contributed by atoms with Gasteiger partial charge in [-0.15, -0.1) is 11.3 Å². The van der Waals surface area contributed by atoms with Crippen LogP contribution < -0.4 is 0 Å². The van der Waals surface area contributed by atoms with E-state index in [1.807, 2.05) is 17.5 Å². The second kappa shape index (κ2) is 5.85. The molecule has 0 amide bonds. The quantitative estimate of drug-likeness (QED) is 0.756. The first-order valence-corrected chi connectivity index (χ1v) is 7.76. The van der Waals surface area contributed by atoms with E-state index < -0.39 is 6.10 Å². The van der Waals surface area contributed by atoms with E-state index in [4.69, 9.17) is 11.6 Å². The summed E-state index contributed by atoms with van der Waals surface area (Å²) < 4.78 is 1.92. The third-order valence-corrected chi connectivity index (χ3v) is 4.96. The number of thiophene rings is 1. The first-order valence-electron chi connectivity index (χ1n) is 4.92. The summed E-state index contributed by atoms with van der Waals surface area (Å²) in [5.74, 6) is 0. The normalized spacial score (nSPS) is 12.7. The maximum atomic E-state index is 10.2. The Morgan fingerprint density at radius 2 is 2.06 bits per heavy atom. The lowest BCUT2D eigenvalue weighted by atomic mass is 10.1. The van der Waals surface area contributed by atoms with Crippen LogP contribution in [0.1, 0.15) is 16.5 Å². The van der Waals surface area contributed by atoms with Crippen LogP contribution in [0.5, 0.6) is 0 Å². The molecule has 17 heavy (non-hydrogen) atoms. The summed E-state index contributed by atoms with van der Waals surface area (Å²) in [7, 11) is 0. The summed E-state index contributed by atoms with van der Waals surface area (Å²) in [6.45, 7) is 0. The molecule has 1 nitrogen and oxygen atoms in total. The lowest BCUT2D eigenvalue weighted by Gasteiger charge is -2.11. The van der Waals surface area contributed by atoms with Crippen LogP contribution in [0, 0.1) is 0 Å². The minimum absolute atomic E-state index is 0.542. The van der Waals surface area contributed by atoms with Gasteiger partial charge in [-0.25, -0.2) is 0 Å². The summed E-state index contributed by atoms with van der Waals surface area (Å²) in [4.78, 5) is 1.13. The molecule has 1 aromatic carbocycles. The van der Waals surface area contributed by atoms with E-state index in [0.29, 0.717) is 11.4 Å². The molecule has 0 aliphatic heterocycles. The fourth-order valence-corrected chi connectivity index (χ4v) is 3.97. The average molecular weight is 397 g/mol. The number of aliphatic hydroxyl groups excluding tert-OH is 1. The molecule has 0 aliphatic rings. The Balaban J connectivity index is 2.20. The predicted octanol–water partition coefficient (Wildman–Crippen LogP) is 5.20. The van der Waals surface area contributed by atoms with Gasteiger partial charge >= 0.3 is 0 Å². The van der Waals surface area contributed by atoms with E-state index >= 15 is 0 Å². The van der Waals surface area contributed by atoms with Crippen molar-refractivity contribution in [2.24, 2.45) is 0 Å². The van der Waals surface area contributed by atoms with Crippen molar-refractivity contribution in [3.63, 3.8) is 0 Å². The standard InChI is InChI=1S/C12H9Br2ClOS/c13-8-3-7(4-9(15)5-8)11(16)6-12-10(14)1-2-17-12/h1-5,11,16H,6H2. The fourth-order valence-electron chi connectivity index (χ4n) is 1.53. The molecular formula is C12H9Br2ClOS. The average Bonchev–Trinajstić information content (AvgIpc) is 2.63. The second-order valence-corrected chi connectivity index (χ2v) is 6.82. The van der Waals surface area contributed by atoms with Gasteiger partial charge in [-0.1, -0.05) is 27.5 Å². The molecule has 0 radical (unpaired) electrons. The Morgan fingerprint density at radius 1 is 1.29 bits per heavy atom. The molecule has 2 aromatic rings. The highest BCUT2D eigenvalue weighted by atomic mass is 79.9. The topological polar surface area (TPSA) is 20.2 Å². The van der Waals surface area contributed by atoms with Crippen LogP contribution in [0.2, 0.25) is 5.02 Å². The maximum absolute atomic E-state index is 10.2. The van der Waals surface area contributed by atoms with Gasteiger partial charge in [0.15, 0.2) is 0 Å². The van der Waals surface area contributed by atoms with E-state index in [-0.39, 0.29) is 0 Å². The molecule has 1 unspecified atom stereocenters. The van der Waals surface area contributed by atoms with Gasteiger partial charge in [0.1, 0.15) is 0 Å². The molecule has 0 bridgehead atoms. The lowest BCUT2D eigenvalue weighted by Crippen LogP contribution is -2.01. The van der Waals surface area contributed by atoms with Crippen molar-refractivity contribution < 1.29 is 5.11 Å². The molecule has 90 valence electrons. The Morgan fingerprint density at radius 3 is 2.65 bits per heavy atom. The number of halogens is 3. The Kier molecular flexibility index (Phi) is 4.66. The van der Waals surface area contributed by atoms with Crippen molar-refractivity contribution in [1.82, 2.24) is 0 Å². The van der Waals surface area contributed by atoms with Crippen LogP contribution in [0.3, 0.4) is 0 Å². The molecule has 0 saturated carbocycles. The number of aliphatic hydroxyl groups is 1. The van der Waals surface area contributed by atoms with Crippen molar-refractivity contribution >= 4 is 54.8 Å². The summed E-state index contributed by atoms with van der Waals surface area (Å²) >= 11 is 14.4. The highest BCUT2D eigenvalue weighted by Gasteiger charge is 2.13. The van der Waals surface area contributed by atoms with Crippen LogP contribution in [0.4, 0.5) is 0 Å². The van der Waals surface area contributed by atoms with E-state index in [9.17, 15) is 5.11 Å². The monoisotopic (exact) mass is 394 g/mol. The van der Waals surface area contributed by atoms with E-state index in [2.05, 4.69) is 31.9 Å². The Bertz CT molecular complexity index is 507. The van der Waals surface area contributed by atoms with Gasteiger partial charge in [0.05, 0.1) is 6.10 Å². The molecule has 1 heterocycles. The SMILES string of the molecule is OC(Cc1sccc1Br)c1cc(Cl)cc(Br)c1. The minimum atomic E-state index is -0.542. The fraction of sp³-hybridized carbons (Fsp3) is 0.167. The van der Waals surface area contributed by atoms with Gasteiger partial charge in [0, 0.05) is 25.3 Å². The highest BCUT2D eigenvalue weighted by Crippen LogP contribution is 2.30. The van der Waals surface area contributed by atoms with Crippen molar-refractivity contribution in [3.05, 3.63) is 54.1 Å². The Hall–Kier alpha value is 0.130. The third-order valence-electron chi connectivity index (χ3n) is 2.34. The largest absolute Gasteiger partial charge is 0.388 e.